The zero-order chi connectivity index (χ0) is 17.8. The highest BCUT2D eigenvalue weighted by Gasteiger charge is 2.20. The van der Waals surface area contributed by atoms with Crippen LogP contribution in [0.15, 0.2) is 12.1 Å². The summed E-state index contributed by atoms with van der Waals surface area (Å²) in [6.07, 6.45) is 1.05. The first-order chi connectivity index (χ1) is 12.0. The number of ether oxygens (including phenoxy) is 2. The Labute approximate surface area is 147 Å². The molecule has 2 aliphatic rings. The lowest BCUT2D eigenvalue weighted by atomic mass is 10.1. The fraction of sp³-hybridized carbons (Fsp3) is 0.556. The molecule has 1 aromatic rings. The highest BCUT2D eigenvalue weighted by Crippen LogP contribution is 2.35. The van der Waals surface area contributed by atoms with Crippen LogP contribution in [0.25, 0.3) is 0 Å². The first-order valence-corrected chi connectivity index (χ1v) is 8.68. The van der Waals surface area contributed by atoms with Crippen molar-refractivity contribution in [3.8, 4) is 11.5 Å². The first-order valence-electron chi connectivity index (χ1n) is 8.68. The minimum Gasteiger partial charge on any atom is -0.486 e. The lowest BCUT2D eigenvalue weighted by Gasteiger charge is -2.22. The van der Waals surface area contributed by atoms with Crippen LogP contribution in [0.4, 0.5) is 5.69 Å². The molecule has 0 aromatic heterocycles. The molecule has 0 atom stereocenters. The molecule has 1 aromatic carbocycles. The van der Waals surface area contributed by atoms with Gasteiger partial charge in [-0.2, -0.15) is 0 Å². The first kappa shape index (κ1) is 17.7. The molecule has 1 fully saturated rings. The number of amides is 1. The number of benzene rings is 1. The summed E-state index contributed by atoms with van der Waals surface area (Å²) in [6, 6.07) is 3.33. The van der Waals surface area contributed by atoms with Gasteiger partial charge in [-0.25, -0.2) is 0 Å². The average molecular weight is 347 g/mol. The van der Waals surface area contributed by atoms with Gasteiger partial charge in [0.1, 0.15) is 13.2 Å². The van der Waals surface area contributed by atoms with Crippen LogP contribution in [-0.2, 0) is 4.79 Å². The molecule has 2 heterocycles. The van der Waals surface area contributed by atoms with Crippen molar-refractivity contribution in [1.82, 2.24) is 9.80 Å². The van der Waals surface area contributed by atoms with Crippen molar-refractivity contribution < 1.29 is 19.1 Å². The van der Waals surface area contributed by atoms with E-state index in [9.17, 15) is 9.59 Å². The van der Waals surface area contributed by atoms with Gasteiger partial charge in [0.2, 0.25) is 5.91 Å². The molecule has 0 saturated carbocycles. The highest BCUT2D eigenvalue weighted by atomic mass is 16.6. The van der Waals surface area contributed by atoms with E-state index >= 15 is 0 Å². The number of hydrogen-bond donors (Lipinski definition) is 1. The van der Waals surface area contributed by atoms with E-state index in [2.05, 4.69) is 22.2 Å². The Morgan fingerprint density at radius 2 is 1.80 bits per heavy atom. The Morgan fingerprint density at radius 3 is 2.52 bits per heavy atom. The molecule has 0 radical (unpaired) electrons. The maximum absolute atomic E-state index is 12.5. The number of Topliss-reactive ketones (excluding diaryl/α,β-unsaturated/α-hetero) is 1. The maximum atomic E-state index is 12.5. The summed E-state index contributed by atoms with van der Waals surface area (Å²) in [6.45, 7) is 6.49. The minimum atomic E-state index is -0.122. The zero-order valence-corrected chi connectivity index (χ0v) is 14.8. The molecule has 1 saturated heterocycles. The van der Waals surface area contributed by atoms with E-state index in [0.717, 1.165) is 32.6 Å². The molecule has 0 spiro atoms. The van der Waals surface area contributed by atoms with Gasteiger partial charge in [-0.1, -0.05) is 0 Å². The number of carbonyl (C=O) groups is 2. The van der Waals surface area contributed by atoms with E-state index in [-0.39, 0.29) is 11.7 Å². The molecule has 0 bridgehead atoms. The van der Waals surface area contributed by atoms with Gasteiger partial charge in [0.15, 0.2) is 17.3 Å². The maximum Gasteiger partial charge on any atom is 0.238 e. The molecule has 0 unspecified atom stereocenters. The van der Waals surface area contributed by atoms with Crippen molar-refractivity contribution in [2.45, 2.75) is 13.3 Å². The van der Waals surface area contributed by atoms with Crippen LogP contribution < -0.4 is 14.8 Å². The van der Waals surface area contributed by atoms with E-state index in [1.807, 2.05) is 0 Å². The number of rotatable bonds is 4. The summed E-state index contributed by atoms with van der Waals surface area (Å²) in [5.74, 6) is 0.861. The Bertz CT molecular complexity index is 662. The van der Waals surface area contributed by atoms with Gasteiger partial charge in [0.05, 0.1) is 12.2 Å². The fourth-order valence-corrected chi connectivity index (χ4v) is 3.13. The van der Waals surface area contributed by atoms with E-state index in [0.29, 0.717) is 42.5 Å². The van der Waals surface area contributed by atoms with Crippen LogP contribution in [-0.4, -0.2) is 74.5 Å². The largest absolute Gasteiger partial charge is 0.486 e. The third-order valence-corrected chi connectivity index (χ3v) is 4.52. The smallest absolute Gasteiger partial charge is 0.238 e. The molecule has 136 valence electrons. The number of likely N-dealkylation sites (N-methyl/N-ethyl adjacent to an activating group) is 1. The molecule has 7 nitrogen and oxygen atoms in total. The summed E-state index contributed by atoms with van der Waals surface area (Å²) >= 11 is 0. The Hall–Kier alpha value is -2.12. The van der Waals surface area contributed by atoms with Crippen LogP contribution in [0.5, 0.6) is 11.5 Å². The summed E-state index contributed by atoms with van der Waals surface area (Å²) in [4.78, 5) is 28.8. The predicted molar refractivity (Wildman–Crippen MR) is 94.6 cm³/mol. The van der Waals surface area contributed by atoms with Gasteiger partial charge in [-0.3, -0.25) is 14.5 Å². The average Bonchev–Trinajstić information content (AvgIpc) is 2.78. The summed E-state index contributed by atoms with van der Waals surface area (Å²) < 4.78 is 11.1. The van der Waals surface area contributed by atoms with Crippen LogP contribution in [0.1, 0.15) is 23.7 Å². The third-order valence-electron chi connectivity index (χ3n) is 4.52. The van der Waals surface area contributed by atoms with Crippen molar-refractivity contribution in [1.29, 1.82) is 0 Å². The molecule has 2 aliphatic heterocycles. The quantitative estimate of drug-likeness (QED) is 0.827. The normalized spacial score (nSPS) is 18.5. The molecular formula is C18H25N3O4. The molecule has 0 aliphatic carbocycles. The van der Waals surface area contributed by atoms with E-state index in [1.165, 1.54) is 6.92 Å². The molecule has 25 heavy (non-hydrogen) atoms. The highest BCUT2D eigenvalue weighted by molar-refractivity contribution is 6.05. The van der Waals surface area contributed by atoms with Gasteiger partial charge < -0.3 is 19.7 Å². The van der Waals surface area contributed by atoms with E-state index in [4.69, 9.17) is 9.47 Å². The number of hydrogen-bond acceptors (Lipinski definition) is 6. The van der Waals surface area contributed by atoms with Gasteiger partial charge in [-0.15, -0.1) is 0 Å². The monoisotopic (exact) mass is 347 g/mol. The molecule has 3 rings (SSSR count). The minimum absolute atomic E-state index is 0.122. The van der Waals surface area contributed by atoms with Crippen molar-refractivity contribution in [2.75, 3.05) is 58.3 Å². The van der Waals surface area contributed by atoms with Crippen LogP contribution >= 0.6 is 0 Å². The predicted octanol–water partition coefficient (Wildman–Crippen LogP) is 1.24. The van der Waals surface area contributed by atoms with Gasteiger partial charge in [0.25, 0.3) is 0 Å². The van der Waals surface area contributed by atoms with E-state index < -0.39 is 0 Å². The second-order valence-electron chi connectivity index (χ2n) is 6.58. The third kappa shape index (κ3) is 4.49. The second kappa shape index (κ2) is 7.84. The van der Waals surface area contributed by atoms with E-state index in [1.54, 1.807) is 12.1 Å². The Balaban J connectivity index is 1.70. The van der Waals surface area contributed by atoms with Gasteiger partial charge in [0, 0.05) is 24.7 Å². The van der Waals surface area contributed by atoms with Crippen LogP contribution in [0.3, 0.4) is 0 Å². The summed E-state index contributed by atoms with van der Waals surface area (Å²) in [5.41, 5.74) is 0.918. The topological polar surface area (TPSA) is 71.1 Å². The number of fused-ring (bicyclic) bond motifs is 1. The summed E-state index contributed by atoms with van der Waals surface area (Å²) in [7, 11) is 2.10. The van der Waals surface area contributed by atoms with Crippen molar-refractivity contribution >= 4 is 17.4 Å². The van der Waals surface area contributed by atoms with Gasteiger partial charge >= 0.3 is 0 Å². The SMILES string of the molecule is CC(=O)c1cc2c(cc1NC(=O)CN1CCCN(C)CC1)OCCO2. The molecule has 1 amide bonds. The fourth-order valence-electron chi connectivity index (χ4n) is 3.13. The van der Waals surface area contributed by atoms with Crippen LogP contribution in [0, 0.1) is 0 Å². The standard InChI is InChI=1S/C18H25N3O4/c1-13(22)14-10-16-17(25-9-8-24-16)11-15(14)19-18(23)12-21-5-3-4-20(2)6-7-21/h10-11H,3-9,12H2,1-2H3,(H,19,23). The lowest BCUT2D eigenvalue weighted by molar-refractivity contribution is -0.117. The molecule has 1 N–H and O–H groups in total. The number of nitrogens with zero attached hydrogens (tertiary/aromatic N) is 2. The number of nitrogens with one attached hydrogen (secondary N) is 1. The number of carbonyl (C=O) groups excluding carboxylic acids is 2. The Morgan fingerprint density at radius 1 is 1.08 bits per heavy atom. The molecule has 7 heteroatoms. The molecular weight excluding hydrogens is 322 g/mol. The number of anilines is 1. The van der Waals surface area contributed by atoms with Crippen molar-refractivity contribution in [2.24, 2.45) is 0 Å². The lowest BCUT2D eigenvalue weighted by Crippen LogP contribution is -2.36. The number of ketones is 1. The van der Waals surface area contributed by atoms with Crippen molar-refractivity contribution in [3.05, 3.63) is 17.7 Å². The second-order valence-corrected chi connectivity index (χ2v) is 6.58. The van der Waals surface area contributed by atoms with Crippen LogP contribution in [0.2, 0.25) is 0 Å². The van der Waals surface area contributed by atoms with Crippen molar-refractivity contribution in [3.63, 3.8) is 0 Å². The zero-order valence-electron chi connectivity index (χ0n) is 14.8. The Kier molecular flexibility index (Phi) is 5.55. The van der Waals surface area contributed by atoms with Gasteiger partial charge in [-0.05, 0) is 39.5 Å². The summed E-state index contributed by atoms with van der Waals surface area (Å²) in [5, 5.41) is 2.87.